The van der Waals surface area contributed by atoms with Gasteiger partial charge in [0.2, 0.25) is 10.0 Å². The van der Waals surface area contributed by atoms with Crippen LogP contribution in [0.1, 0.15) is 45.9 Å². The molecule has 7 nitrogen and oxygen atoms in total. The largest absolute Gasteiger partial charge is 0.342 e. The van der Waals surface area contributed by atoms with Gasteiger partial charge in [0, 0.05) is 30.1 Å². The molecule has 9 heteroatoms. The first-order valence-corrected chi connectivity index (χ1v) is 9.68. The fourth-order valence-corrected chi connectivity index (χ4v) is 5.48. The summed E-state index contributed by atoms with van der Waals surface area (Å²) < 4.78 is 25.8. The van der Waals surface area contributed by atoms with Crippen molar-refractivity contribution in [1.29, 1.82) is 0 Å². The number of carbonyl (C=O) groups is 1. The molecule has 122 valence electrons. The molecule has 4 rings (SSSR count). The number of aromatic amines is 1. The van der Waals surface area contributed by atoms with Gasteiger partial charge in [-0.15, -0.1) is 11.3 Å². The summed E-state index contributed by atoms with van der Waals surface area (Å²) in [5, 5.41) is 11.6. The Morgan fingerprint density at radius 2 is 2.26 bits per heavy atom. The fraction of sp³-hybridized carbons (Fsp3) is 0.429. The topological polar surface area (TPSA) is 95.2 Å². The van der Waals surface area contributed by atoms with Crippen molar-refractivity contribution in [3.8, 4) is 0 Å². The van der Waals surface area contributed by atoms with Crippen LogP contribution in [0.15, 0.2) is 22.4 Å². The Hall–Kier alpha value is -1.71. The highest BCUT2D eigenvalue weighted by Gasteiger charge is 2.37. The number of thiophene rings is 1. The third kappa shape index (κ3) is 2.48. The maximum Gasteiger partial charge on any atom is 0.272 e. The predicted molar refractivity (Wildman–Crippen MR) is 84.9 cm³/mol. The van der Waals surface area contributed by atoms with Crippen LogP contribution in [0, 0.1) is 0 Å². The van der Waals surface area contributed by atoms with E-state index in [4.69, 9.17) is 0 Å². The van der Waals surface area contributed by atoms with Crippen molar-refractivity contribution in [2.24, 2.45) is 0 Å². The maximum absolute atomic E-state index is 12.4. The zero-order valence-electron chi connectivity index (χ0n) is 12.4. The molecule has 0 saturated heterocycles. The van der Waals surface area contributed by atoms with Gasteiger partial charge in [0.05, 0.1) is 10.9 Å². The number of aromatic nitrogens is 2. The SMILES string of the molecule is CN1C[C@H](NC(=O)c2cc(C3CC3)[nH]n2)c2sccc2S1(=O)=O. The standard InChI is InChI=1S/C14H16N4O3S2/c1-18-7-11(13-12(4-5-22-13)23(18,20)21)15-14(19)10-6-9(16-17-10)8-2-3-8/h4-6,8,11H,2-3,7H2,1H3,(H,15,19)(H,16,17)/t11-/m0/s1. The first-order valence-electron chi connectivity index (χ1n) is 7.36. The number of nitrogens with zero attached hydrogens (tertiary/aromatic N) is 2. The number of nitrogens with one attached hydrogen (secondary N) is 2. The fourth-order valence-electron chi connectivity index (χ4n) is 2.78. The van der Waals surface area contributed by atoms with Crippen LogP contribution in [0.2, 0.25) is 0 Å². The molecule has 1 atom stereocenters. The second kappa shape index (κ2) is 5.15. The Labute approximate surface area is 137 Å². The Morgan fingerprint density at radius 3 is 3.00 bits per heavy atom. The van der Waals surface area contributed by atoms with Crippen molar-refractivity contribution >= 4 is 27.3 Å². The van der Waals surface area contributed by atoms with E-state index in [1.165, 1.54) is 22.7 Å². The van der Waals surface area contributed by atoms with Crippen molar-refractivity contribution < 1.29 is 13.2 Å². The summed E-state index contributed by atoms with van der Waals surface area (Å²) in [6, 6.07) is 3.02. The number of sulfonamides is 1. The first-order chi connectivity index (χ1) is 11.0. The van der Waals surface area contributed by atoms with Crippen LogP contribution >= 0.6 is 11.3 Å². The number of hydrogen-bond donors (Lipinski definition) is 2. The normalized spacial score (nSPS) is 23.4. The molecule has 0 unspecified atom stereocenters. The average Bonchev–Trinajstić information content (AvgIpc) is 3.04. The minimum atomic E-state index is -3.44. The average molecular weight is 352 g/mol. The number of rotatable bonds is 3. The Morgan fingerprint density at radius 1 is 1.48 bits per heavy atom. The summed E-state index contributed by atoms with van der Waals surface area (Å²) in [6.45, 7) is 0.224. The van der Waals surface area contributed by atoms with E-state index in [1.54, 1.807) is 17.5 Å². The summed E-state index contributed by atoms with van der Waals surface area (Å²) in [5.41, 5.74) is 1.34. The molecule has 1 aliphatic carbocycles. The number of H-pyrrole nitrogens is 1. The first kappa shape index (κ1) is 14.9. The van der Waals surface area contributed by atoms with E-state index in [2.05, 4.69) is 15.5 Å². The minimum absolute atomic E-state index is 0.224. The molecular weight excluding hydrogens is 336 g/mol. The number of carbonyl (C=O) groups excluding carboxylic acids is 1. The van der Waals surface area contributed by atoms with Crippen molar-refractivity contribution in [2.75, 3.05) is 13.6 Å². The van der Waals surface area contributed by atoms with Crippen LogP contribution < -0.4 is 5.32 Å². The van der Waals surface area contributed by atoms with Gasteiger partial charge >= 0.3 is 0 Å². The Balaban J connectivity index is 1.57. The van der Waals surface area contributed by atoms with Crippen LogP contribution in [0.25, 0.3) is 0 Å². The molecule has 1 fully saturated rings. The molecule has 0 spiro atoms. The predicted octanol–water partition coefficient (Wildman–Crippen LogP) is 1.45. The van der Waals surface area contributed by atoms with Crippen LogP contribution in [0.3, 0.4) is 0 Å². The van der Waals surface area contributed by atoms with E-state index >= 15 is 0 Å². The van der Waals surface area contributed by atoms with E-state index in [1.807, 2.05) is 0 Å². The van der Waals surface area contributed by atoms with E-state index in [-0.39, 0.29) is 23.4 Å². The molecule has 1 amide bonds. The van der Waals surface area contributed by atoms with Gasteiger partial charge in [0.1, 0.15) is 5.69 Å². The van der Waals surface area contributed by atoms with Gasteiger partial charge in [-0.2, -0.15) is 9.40 Å². The molecule has 1 saturated carbocycles. The number of hydrogen-bond acceptors (Lipinski definition) is 5. The van der Waals surface area contributed by atoms with Crippen molar-refractivity contribution in [1.82, 2.24) is 19.8 Å². The lowest BCUT2D eigenvalue weighted by Gasteiger charge is -2.29. The van der Waals surface area contributed by atoms with Crippen LogP contribution in [0.5, 0.6) is 0 Å². The smallest absolute Gasteiger partial charge is 0.272 e. The maximum atomic E-state index is 12.4. The minimum Gasteiger partial charge on any atom is -0.342 e. The van der Waals surface area contributed by atoms with E-state index in [0.717, 1.165) is 18.5 Å². The summed E-state index contributed by atoms with van der Waals surface area (Å²) in [6.07, 6.45) is 2.26. The highest BCUT2D eigenvalue weighted by Crippen LogP contribution is 2.39. The number of amides is 1. The third-order valence-corrected chi connectivity index (χ3v) is 7.30. The Bertz CT molecular complexity index is 866. The number of likely N-dealkylation sites (N-methyl/N-ethyl adjacent to an activating group) is 1. The second-order valence-corrected chi connectivity index (χ2v) is 8.90. The zero-order chi connectivity index (χ0) is 16.2. The lowest BCUT2D eigenvalue weighted by atomic mass is 10.2. The third-order valence-electron chi connectivity index (χ3n) is 4.25. The molecule has 2 aromatic heterocycles. The highest BCUT2D eigenvalue weighted by atomic mass is 32.2. The molecule has 2 aliphatic rings. The molecule has 0 radical (unpaired) electrons. The summed E-state index contributed by atoms with van der Waals surface area (Å²) in [7, 11) is -1.92. The lowest BCUT2D eigenvalue weighted by molar-refractivity contribution is 0.0926. The zero-order valence-corrected chi connectivity index (χ0v) is 14.1. The van der Waals surface area contributed by atoms with E-state index in [9.17, 15) is 13.2 Å². The van der Waals surface area contributed by atoms with Crippen molar-refractivity contribution in [2.45, 2.75) is 29.7 Å². The Kier molecular flexibility index (Phi) is 3.33. The molecular formula is C14H16N4O3S2. The van der Waals surface area contributed by atoms with Crippen LogP contribution in [-0.4, -0.2) is 42.4 Å². The van der Waals surface area contributed by atoms with Gasteiger partial charge in [-0.1, -0.05) is 0 Å². The van der Waals surface area contributed by atoms with Crippen molar-refractivity contribution in [3.63, 3.8) is 0 Å². The second-order valence-electron chi connectivity index (χ2n) is 5.94. The van der Waals surface area contributed by atoms with Gasteiger partial charge in [-0.3, -0.25) is 9.89 Å². The molecule has 2 N–H and O–H groups in total. The summed E-state index contributed by atoms with van der Waals surface area (Å²) >= 11 is 1.35. The van der Waals surface area contributed by atoms with Gasteiger partial charge in [-0.25, -0.2) is 8.42 Å². The van der Waals surface area contributed by atoms with Gasteiger partial charge in [0.15, 0.2) is 0 Å². The lowest BCUT2D eigenvalue weighted by Crippen LogP contribution is -2.42. The highest BCUT2D eigenvalue weighted by molar-refractivity contribution is 7.89. The summed E-state index contributed by atoms with van der Waals surface area (Å²) in [5.74, 6) is 0.212. The molecule has 0 aromatic carbocycles. The molecule has 23 heavy (non-hydrogen) atoms. The van der Waals surface area contributed by atoms with Gasteiger partial charge in [0.25, 0.3) is 5.91 Å². The van der Waals surface area contributed by atoms with Crippen LogP contribution in [0.4, 0.5) is 0 Å². The van der Waals surface area contributed by atoms with Crippen molar-refractivity contribution in [3.05, 3.63) is 33.8 Å². The number of fused-ring (bicyclic) bond motifs is 1. The monoisotopic (exact) mass is 352 g/mol. The summed E-state index contributed by atoms with van der Waals surface area (Å²) in [4.78, 5) is 13.4. The van der Waals surface area contributed by atoms with Gasteiger partial charge in [-0.05, 0) is 30.4 Å². The van der Waals surface area contributed by atoms with Crippen LogP contribution in [-0.2, 0) is 10.0 Å². The molecule has 1 aliphatic heterocycles. The van der Waals surface area contributed by atoms with E-state index < -0.39 is 10.0 Å². The quantitative estimate of drug-likeness (QED) is 0.874. The van der Waals surface area contributed by atoms with Gasteiger partial charge < -0.3 is 5.32 Å². The molecule has 2 aromatic rings. The molecule has 0 bridgehead atoms. The molecule has 3 heterocycles. The van der Waals surface area contributed by atoms with E-state index in [0.29, 0.717) is 16.5 Å².